The molecule has 31 heavy (non-hydrogen) atoms. The van der Waals surface area contributed by atoms with Gasteiger partial charge >= 0.3 is 6.18 Å². The molecule has 0 aliphatic carbocycles. The molecule has 3 heterocycles. The van der Waals surface area contributed by atoms with Crippen LogP contribution in [0.1, 0.15) is 36.3 Å². The second-order valence-electron chi connectivity index (χ2n) is 7.67. The Morgan fingerprint density at radius 2 is 2.03 bits per heavy atom. The molecule has 0 bridgehead atoms. The highest BCUT2D eigenvalue weighted by molar-refractivity contribution is 7.83. The fourth-order valence-electron chi connectivity index (χ4n) is 4.17. The van der Waals surface area contributed by atoms with Crippen molar-refractivity contribution in [2.45, 2.75) is 56.9 Å². The lowest BCUT2D eigenvalue weighted by molar-refractivity contribution is -0.269. The van der Waals surface area contributed by atoms with Crippen LogP contribution in [0.2, 0.25) is 0 Å². The van der Waals surface area contributed by atoms with E-state index < -0.39 is 53.1 Å². The van der Waals surface area contributed by atoms with Crippen molar-refractivity contribution in [2.75, 3.05) is 5.75 Å². The van der Waals surface area contributed by atoms with Crippen molar-refractivity contribution < 1.29 is 30.9 Å². The third-order valence-electron chi connectivity index (χ3n) is 5.64. The molecule has 0 radical (unpaired) electrons. The standard InChI is InChI=1S/C19H21F5N4O2S/c1-2-31(29)28-8-10-7-27(9-15(10)26-28)16-6-14(25)17(30-18(16)19(22,23)24)12-5-11(20)3-4-13(12)21/h3-5,8,14,16-18H,2,6-7,9,25H2,1H3/t14?,16?,17-,18?,31?/m1/s1. The van der Waals surface area contributed by atoms with Gasteiger partial charge in [0.2, 0.25) is 0 Å². The molecule has 1 aromatic carbocycles. The van der Waals surface area contributed by atoms with E-state index in [1.54, 1.807) is 18.0 Å². The lowest BCUT2D eigenvalue weighted by Gasteiger charge is -2.44. The zero-order valence-corrected chi connectivity index (χ0v) is 17.3. The summed E-state index contributed by atoms with van der Waals surface area (Å²) < 4.78 is 88.0. The van der Waals surface area contributed by atoms with E-state index in [1.165, 1.54) is 4.09 Å². The second-order valence-corrected chi connectivity index (χ2v) is 9.26. The molecule has 12 heteroatoms. The highest BCUT2D eigenvalue weighted by Gasteiger charge is 2.54. The Kier molecular flexibility index (Phi) is 5.92. The molecule has 2 aliphatic heterocycles. The SMILES string of the molecule is CCS(=O)n1cc2c(n1)CN(C1CC(N)[C@@H](c3cc(F)ccc3F)OC1C(F)(F)F)C2. The number of hydrogen-bond acceptors (Lipinski definition) is 5. The molecule has 1 saturated heterocycles. The normalized spacial score (nSPS) is 28.0. The predicted molar refractivity (Wildman–Crippen MR) is 102 cm³/mol. The first-order chi connectivity index (χ1) is 14.6. The van der Waals surface area contributed by atoms with Gasteiger partial charge in [-0.2, -0.15) is 22.4 Å². The van der Waals surface area contributed by atoms with Gasteiger partial charge in [-0.25, -0.2) is 13.0 Å². The van der Waals surface area contributed by atoms with E-state index in [0.29, 0.717) is 17.0 Å². The maximum Gasteiger partial charge on any atom is 0.416 e. The zero-order chi connectivity index (χ0) is 22.5. The lowest BCUT2D eigenvalue weighted by Crippen LogP contribution is -2.58. The van der Waals surface area contributed by atoms with Gasteiger partial charge in [-0.1, -0.05) is 6.92 Å². The molecule has 170 valence electrons. The number of benzene rings is 1. The number of ether oxygens (including phenoxy) is 1. The molecule has 2 N–H and O–H groups in total. The van der Waals surface area contributed by atoms with E-state index in [0.717, 1.165) is 18.2 Å². The van der Waals surface area contributed by atoms with E-state index in [9.17, 15) is 26.2 Å². The van der Waals surface area contributed by atoms with Crippen molar-refractivity contribution in [1.29, 1.82) is 0 Å². The van der Waals surface area contributed by atoms with Gasteiger partial charge in [-0.15, -0.1) is 0 Å². The summed E-state index contributed by atoms with van der Waals surface area (Å²) in [4.78, 5) is 1.56. The van der Waals surface area contributed by atoms with E-state index in [2.05, 4.69) is 5.10 Å². The number of aromatic nitrogens is 2. The van der Waals surface area contributed by atoms with Gasteiger partial charge in [0.05, 0.1) is 5.69 Å². The molecule has 2 aliphatic rings. The molecule has 4 unspecified atom stereocenters. The molecular weight excluding hydrogens is 443 g/mol. The van der Waals surface area contributed by atoms with Gasteiger partial charge in [-0.3, -0.25) is 4.90 Å². The van der Waals surface area contributed by atoms with E-state index >= 15 is 0 Å². The van der Waals surface area contributed by atoms with E-state index in [-0.39, 0.29) is 25.1 Å². The Bertz CT molecular complexity index is 975. The molecule has 0 spiro atoms. The number of alkyl halides is 3. The second kappa shape index (κ2) is 8.23. The quantitative estimate of drug-likeness (QED) is 0.705. The van der Waals surface area contributed by atoms with Crippen LogP contribution in [0.25, 0.3) is 0 Å². The maximum absolute atomic E-state index is 14.2. The van der Waals surface area contributed by atoms with Crippen molar-refractivity contribution >= 4 is 11.0 Å². The number of nitrogens with two attached hydrogens (primary N) is 1. The minimum absolute atomic E-state index is 0.121. The van der Waals surface area contributed by atoms with Gasteiger partial charge in [0, 0.05) is 48.2 Å². The summed E-state index contributed by atoms with van der Waals surface area (Å²) in [6, 6.07) is 0.440. The van der Waals surface area contributed by atoms with Gasteiger partial charge in [0.15, 0.2) is 6.10 Å². The third kappa shape index (κ3) is 4.26. The van der Waals surface area contributed by atoms with Crippen molar-refractivity contribution in [3.05, 3.63) is 52.9 Å². The van der Waals surface area contributed by atoms with Gasteiger partial charge < -0.3 is 10.5 Å². The molecular formula is C19H21F5N4O2S. The van der Waals surface area contributed by atoms with Crippen LogP contribution in [0.3, 0.4) is 0 Å². The van der Waals surface area contributed by atoms with Crippen LogP contribution in [0.4, 0.5) is 22.0 Å². The molecule has 6 nitrogen and oxygen atoms in total. The van der Waals surface area contributed by atoms with Gasteiger partial charge in [0.1, 0.15) is 28.7 Å². The largest absolute Gasteiger partial charge is 0.416 e. The van der Waals surface area contributed by atoms with Crippen LogP contribution in [-0.4, -0.2) is 48.4 Å². The summed E-state index contributed by atoms with van der Waals surface area (Å²) in [5.74, 6) is -1.30. The summed E-state index contributed by atoms with van der Waals surface area (Å²) in [7, 11) is -1.32. The average Bonchev–Trinajstić information content (AvgIpc) is 3.27. The molecule has 0 amide bonds. The molecule has 4 rings (SSSR count). The van der Waals surface area contributed by atoms with Crippen molar-refractivity contribution in [3.63, 3.8) is 0 Å². The predicted octanol–water partition coefficient (Wildman–Crippen LogP) is 2.80. The number of nitrogens with zero attached hydrogens (tertiary/aromatic N) is 3. The van der Waals surface area contributed by atoms with Crippen molar-refractivity contribution in [1.82, 2.24) is 14.1 Å². The molecule has 1 aromatic heterocycles. The number of rotatable bonds is 4. The smallest absolute Gasteiger partial charge is 0.357 e. The topological polar surface area (TPSA) is 73.4 Å². The first-order valence-corrected chi connectivity index (χ1v) is 11.0. The Balaban J connectivity index is 1.58. The summed E-state index contributed by atoms with van der Waals surface area (Å²) in [6.45, 7) is 2.03. The highest BCUT2D eigenvalue weighted by Crippen LogP contribution is 2.42. The fourth-order valence-corrected chi connectivity index (χ4v) is 4.87. The summed E-state index contributed by atoms with van der Waals surface area (Å²) in [6.07, 6.45) is -6.96. The Morgan fingerprint density at radius 1 is 1.29 bits per heavy atom. The van der Waals surface area contributed by atoms with Crippen LogP contribution in [0.5, 0.6) is 0 Å². The molecule has 1 fully saturated rings. The van der Waals surface area contributed by atoms with Gasteiger partial charge in [0.25, 0.3) is 0 Å². The first kappa shape index (κ1) is 22.3. The molecule has 0 saturated carbocycles. The highest BCUT2D eigenvalue weighted by atomic mass is 32.2. The zero-order valence-electron chi connectivity index (χ0n) is 16.5. The first-order valence-electron chi connectivity index (χ1n) is 9.71. The van der Waals surface area contributed by atoms with Crippen LogP contribution in [0, 0.1) is 11.6 Å². The Hall–Kier alpha value is -1.89. The number of fused-ring (bicyclic) bond motifs is 1. The van der Waals surface area contributed by atoms with E-state index in [1.807, 2.05) is 0 Å². The minimum atomic E-state index is -4.74. The number of hydrogen-bond donors (Lipinski definition) is 1. The minimum Gasteiger partial charge on any atom is -0.357 e. The van der Waals surface area contributed by atoms with Gasteiger partial charge in [-0.05, 0) is 24.6 Å². The van der Waals surface area contributed by atoms with Crippen LogP contribution in [-0.2, 0) is 28.8 Å². The maximum atomic E-state index is 14.2. The summed E-state index contributed by atoms with van der Waals surface area (Å²) >= 11 is 0. The Morgan fingerprint density at radius 3 is 2.68 bits per heavy atom. The van der Waals surface area contributed by atoms with Crippen LogP contribution >= 0.6 is 0 Å². The summed E-state index contributed by atoms with van der Waals surface area (Å²) in [5.41, 5.74) is 7.00. The third-order valence-corrected chi connectivity index (χ3v) is 6.74. The van der Waals surface area contributed by atoms with Crippen molar-refractivity contribution in [2.24, 2.45) is 5.73 Å². The van der Waals surface area contributed by atoms with Crippen LogP contribution in [0.15, 0.2) is 24.4 Å². The number of halogens is 5. The van der Waals surface area contributed by atoms with Crippen LogP contribution < -0.4 is 5.73 Å². The Labute approximate surface area is 177 Å². The fraction of sp³-hybridized carbons (Fsp3) is 0.526. The molecule has 2 aromatic rings. The summed E-state index contributed by atoms with van der Waals surface area (Å²) in [5, 5.41) is 4.23. The van der Waals surface area contributed by atoms with E-state index in [4.69, 9.17) is 10.5 Å². The van der Waals surface area contributed by atoms with Crippen molar-refractivity contribution in [3.8, 4) is 0 Å². The lowest BCUT2D eigenvalue weighted by atomic mass is 9.89. The molecule has 5 atom stereocenters. The average molecular weight is 464 g/mol. The monoisotopic (exact) mass is 464 g/mol.